The third kappa shape index (κ3) is 3.24. The maximum absolute atomic E-state index is 13.1. The van der Waals surface area contributed by atoms with Gasteiger partial charge >= 0.3 is 0 Å². The zero-order valence-electron chi connectivity index (χ0n) is 15.4. The third-order valence-electron chi connectivity index (χ3n) is 5.31. The maximum atomic E-state index is 13.1. The van der Waals surface area contributed by atoms with Crippen molar-refractivity contribution >= 4 is 11.8 Å². The minimum Gasteiger partial charge on any atom is -0.384 e. The molecule has 0 aliphatic carbocycles. The summed E-state index contributed by atoms with van der Waals surface area (Å²) < 4.78 is 7.22. The first-order valence-corrected chi connectivity index (χ1v) is 8.73. The molecular weight excluding hydrogens is 330 g/mol. The molecule has 1 aliphatic rings. The molecule has 0 radical (unpaired) electrons. The summed E-state index contributed by atoms with van der Waals surface area (Å²) >= 11 is 0. The van der Waals surface area contributed by atoms with E-state index < -0.39 is 0 Å². The Morgan fingerprint density at radius 1 is 1.23 bits per heavy atom. The van der Waals surface area contributed by atoms with Crippen LogP contribution in [0.4, 0.5) is 0 Å². The Morgan fingerprint density at radius 3 is 2.54 bits per heavy atom. The van der Waals surface area contributed by atoms with Crippen LogP contribution in [0.2, 0.25) is 0 Å². The first-order chi connectivity index (χ1) is 12.4. The van der Waals surface area contributed by atoms with Gasteiger partial charge in [0.2, 0.25) is 5.91 Å². The van der Waals surface area contributed by atoms with Gasteiger partial charge in [-0.2, -0.15) is 0 Å². The predicted octanol–water partition coefficient (Wildman–Crippen LogP) is 1.82. The summed E-state index contributed by atoms with van der Waals surface area (Å²) in [6, 6.07) is 11.9. The molecule has 1 aromatic heterocycles. The van der Waals surface area contributed by atoms with Gasteiger partial charge in [-0.05, 0) is 18.6 Å². The molecule has 3 rings (SSSR count). The summed E-state index contributed by atoms with van der Waals surface area (Å²) in [5, 5.41) is 0. The van der Waals surface area contributed by atoms with Gasteiger partial charge in [-0.25, -0.2) is 0 Å². The molecule has 1 fully saturated rings. The van der Waals surface area contributed by atoms with Crippen molar-refractivity contribution in [3.8, 4) is 11.3 Å². The van der Waals surface area contributed by atoms with Crippen molar-refractivity contribution < 1.29 is 14.3 Å². The Balaban J connectivity index is 1.88. The minimum atomic E-state index is -0.378. The van der Waals surface area contributed by atoms with Crippen LogP contribution in [0.3, 0.4) is 0 Å². The summed E-state index contributed by atoms with van der Waals surface area (Å²) in [6.07, 6.45) is 0. The highest BCUT2D eigenvalue weighted by Gasteiger charge is 2.39. The molecule has 1 aromatic carbocycles. The molecule has 0 bridgehead atoms. The number of primary amides is 1. The molecule has 1 aliphatic heterocycles. The van der Waals surface area contributed by atoms with E-state index in [2.05, 4.69) is 0 Å². The van der Waals surface area contributed by atoms with E-state index in [1.165, 1.54) is 0 Å². The molecule has 2 amide bonds. The zero-order chi connectivity index (χ0) is 18.8. The van der Waals surface area contributed by atoms with Gasteiger partial charge < -0.3 is 19.9 Å². The zero-order valence-corrected chi connectivity index (χ0v) is 15.4. The first-order valence-electron chi connectivity index (χ1n) is 8.73. The number of hydrogen-bond donors (Lipinski definition) is 1. The summed E-state index contributed by atoms with van der Waals surface area (Å²) in [6.45, 7) is 3.18. The van der Waals surface area contributed by atoms with E-state index in [1.807, 2.05) is 54.9 Å². The third-order valence-corrected chi connectivity index (χ3v) is 5.31. The topological polar surface area (TPSA) is 77.6 Å². The summed E-state index contributed by atoms with van der Waals surface area (Å²) in [5.74, 6) is -0.863. The Morgan fingerprint density at radius 2 is 1.92 bits per heavy atom. The quantitative estimate of drug-likeness (QED) is 0.889. The van der Waals surface area contributed by atoms with Gasteiger partial charge in [-0.3, -0.25) is 9.59 Å². The molecule has 2 aromatic rings. The summed E-state index contributed by atoms with van der Waals surface area (Å²) in [7, 11) is 3.55. The molecule has 0 spiro atoms. The molecule has 0 saturated carbocycles. The van der Waals surface area contributed by atoms with Crippen LogP contribution in [0.5, 0.6) is 0 Å². The standard InChI is InChI=1S/C20H25N3O3/c1-13-16(9-18(22(13)2)14-7-5-4-6-8-14)20(25)23-10-15(12-26-3)17(11-23)19(21)24/h4-9,15,17H,10-12H2,1-3H3,(H2,21,24)/t15-,17+/m0/s1. The van der Waals surface area contributed by atoms with Crippen molar-refractivity contribution in [3.63, 3.8) is 0 Å². The van der Waals surface area contributed by atoms with Crippen molar-refractivity contribution in [3.05, 3.63) is 47.7 Å². The van der Waals surface area contributed by atoms with E-state index in [1.54, 1.807) is 12.0 Å². The fraction of sp³-hybridized carbons (Fsp3) is 0.400. The number of benzene rings is 1. The molecule has 6 nitrogen and oxygen atoms in total. The monoisotopic (exact) mass is 355 g/mol. The molecule has 2 heterocycles. The highest BCUT2D eigenvalue weighted by molar-refractivity contribution is 5.97. The Hall–Kier alpha value is -2.60. The lowest BCUT2D eigenvalue weighted by Crippen LogP contribution is -2.32. The van der Waals surface area contributed by atoms with Gasteiger partial charge in [0.05, 0.1) is 18.1 Å². The van der Waals surface area contributed by atoms with Crippen LogP contribution in [-0.2, 0) is 16.6 Å². The fourth-order valence-electron chi connectivity index (χ4n) is 3.71. The van der Waals surface area contributed by atoms with Gasteiger partial charge in [0, 0.05) is 44.6 Å². The molecular formula is C20H25N3O3. The molecule has 26 heavy (non-hydrogen) atoms. The molecule has 2 N–H and O–H groups in total. The molecule has 138 valence electrons. The normalized spacial score (nSPS) is 19.7. The van der Waals surface area contributed by atoms with Crippen LogP contribution in [0.25, 0.3) is 11.3 Å². The number of hydrogen-bond acceptors (Lipinski definition) is 3. The summed E-state index contributed by atoms with van der Waals surface area (Å²) in [4.78, 5) is 26.5. The van der Waals surface area contributed by atoms with Crippen LogP contribution >= 0.6 is 0 Å². The second-order valence-electron chi connectivity index (χ2n) is 6.89. The number of methoxy groups -OCH3 is 1. The van der Waals surface area contributed by atoms with Gasteiger partial charge in [-0.1, -0.05) is 30.3 Å². The van der Waals surface area contributed by atoms with Crippen LogP contribution < -0.4 is 5.73 Å². The predicted molar refractivity (Wildman–Crippen MR) is 99.5 cm³/mol. The Bertz CT molecular complexity index is 813. The van der Waals surface area contributed by atoms with E-state index in [-0.39, 0.29) is 23.7 Å². The number of amides is 2. The van der Waals surface area contributed by atoms with Gasteiger partial charge in [-0.15, -0.1) is 0 Å². The molecule has 1 saturated heterocycles. The fourth-order valence-corrected chi connectivity index (χ4v) is 3.71. The second-order valence-corrected chi connectivity index (χ2v) is 6.89. The van der Waals surface area contributed by atoms with Crippen molar-refractivity contribution in [1.82, 2.24) is 9.47 Å². The number of rotatable bonds is 5. The summed E-state index contributed by atoms with van der Waals surface area (Å²) in [5.41, 5.74) is 9.13. The van der Waals surface area contributed by atoms with Crippen molar-refractivity contribution in [2.75, 3.05) is 26.8 Å². The number of likely N-dealkylation sites (tertiary alicyclic amines) is 1. The van der Waals surface area contributed by atoms with E-state index >= 15 is 0 Å². The number of nitrogens with zero attached hydrogens (tertiary/aromatic N) is 2. The lowest BCUT2D eigenvalue weighted by Gasteiger charge is -2.16. The first kappa shape index (κ1) is 18.2. The number of carbonyl (C=O) groups is 2. The smallest absolute Gasteiger partial charge is 0.255 e. The lowest BCUT2D eigenvalue weighted by atomic mass is 9.96. The van der Waals surface area contributed by atoms with Crippen molar-refractivity contribution in [2.24, 2.45) is 24.6 Å². The highest BCUT2D eigenvalue weighted by Crippen LogP contribution is 2.29. The Kier molecular flexibility index (Phi) is 5.13. The van der Waals surface area contributed by atoms with Crippen LogP contribution in [-0.4, -0.2) is 48.1 Å². The average molecular weight is 355 g/mol. The molecule has 0 unspecified atom stereocenters. The highest BCUT2D eigenvalue weighted by atomic mass is 16.5. The lowest BCUT2D eigenvalue weighted by molar-refractivity contribution is -0.122. The van der Waals surface area contributed by atoms with Gasteiger partial charge in [0.1, 0.15) is 0 Å². The average Bonchev–Trinajstić information content (AvgIpc) is 3.18. The van der Waals surface area contributed by atoms with E-state index in [0.29, 0.717) is 25.3 Å². The van der Waals surface area contributed by atoms with Gasteiger partial charge in [0.25, 0.3) is 5.91 Å². The number of aromatic nitrogens is 1. The minimum absolute atomic E-state index is 0.0564. The number of ether oxygens (including phenoxy) is 1. The van der Waals surface area contributed by atoms with Crippen molar-refractivity contribution in [2.45, 2.75) is 6.92 Å². The molecule has 6 heteroatoms. The van der Waals surface area contributed by atoms with Crippen molar-refractivity contribution in [1.29, 1.82) is 0 Å². The SMILES string of the molecule is COC[C@@H]1CN(C(=O)c2cc(-c3ccccc3)n(C)c2C)C[C@H]1C(N)=O. The largest absolute Gasteiger partial charge is 0.384 e. The van der Waals surface area contributed by atoms with E-state index in [9.17, 15) is 9.59 Å². The maximum Gasteiger partial charge on any atom is 0.255 e. The number of nitrogens with two attached hydrogens (primary N) is 1. The number of carbonyl (C=O) groups excluding carboxylic acids is 2. The van der Waals surface area contributed by atoms with Crippen LogP contribution in [0.15, 0.2) is 36.4 Å². The van der Waals surface area contributed by atoms with E-state index in [4.69, 9.17) is 10.5 Å². The van der Waals surface area contributed by atoms with Crippen LogP contribution in [0.1, 0.15) is 16.1 Å². The van der Waals surface area contributed by atoms with Gasteiger partial charge in [0.15, 0.2) is 0 Å². The van der Waals surface area contributed by atoms with Crippen LogP contribution in [0, 0.1) is 18.8 Å². The second kappa shape index (κ2) is 7.33. The van der Waals surface area contributed by atoms with E-state index in [0.717, 1.165) is 17.0 Å². The molecule has 2 atom stereocenters. The Labute approximate surface area is 153 Å².